The Balaban J connectivity index is 1.40. The summed E-state index contributed by atoms with van der Waals surface area (Å²) in [4.78, 5) is 23.1. The van der Waals surface area contributed by atoms with Gasteiger partial charge in [0.15, 0.2) is 5.65 Å². The van der Waals surface area contributed by atoms with E-state index in [1.807, 2.05) is 7.05 Å². The summed E-state index contributed by atoms with van der Waals surface area (Å²) >= 11 is 0. The number of aromatic nitrogens is 4. The van der Waals surface area contributed by atoms with Gasteiger partial charge in [-0.25, -0.2) is 22.4 Å². The maximum Gasteiger partial charge on any atom is 0.321 e. The largest absolute Gasteiger partial charge is 0.374 e. The van der Waals surface area contributed by atoms with Crippen LogP contribution in [0.15, 0.2) is 54.0 Å². The molecule has 0 radical (unpaired) electrons. The number of pyridine rings is 2. The summed E-state index contributed by atoms with van der Waals surface area (Å²) in [5.74, 6) is 0.143. The Labute approximate surface area is 223 Å². The van der Waals surface area contributed by atoms with Gasteiger partial charge in [-0.3, -0.25) is 10.3 Å². The van der Waals surface area contributed by atoms with Gasteiger partial charge in [-0.15, -0.1) is 5.10 Å². The van der Waals surface area contributed by atoms with Crippen LogP contribution in [-0.2, 0) is 10.0 Å². The summed E-state index contributed by atoms with van der Waals surface area (Å²) in [7, 11) is -1.76. The highest BCUT2D eigenvalue weighted by Crippen LogP contribution is 2.23. The number of fused-ring (bicyclic) bond motifs is 1. The number of amides is 2. The van der Waals surface area contributed by atoms with Crippen molar-refractivity contribution < 1.29 is 13.2 Å². The standard InChI is InChI=1S/C25H35N9O3S/c1-17(33-10-8-20(26-5)9-11-33)13-28-24(35)30-23-29-22-7-6-18(16-34(22)31-23)19-12-21(15-27-14-19)38(36,37)32-25(2,3)4/h6-7,12,14-16,20,26,32H,1,8-11,13H2,2-5H3,(H2,28,30,31,35). The van der Waals surface area contributed by atoms with E-state index in [1.165, 1.54) is 10.7 Å². The van der Waals surface area contributed by atoms with Gasteiger partial charge in [-0.05, 0) is 58.9 Å². The number of urea groups is 1. The van der Waals surface area contributed by atoms with Crippen LogP contribution in [0.2, 0.25) is 0 Å². The molecular formula is C25H35N9O3S. The Kier molecular flexibility index (Phi) is 7.99. The molecule has 38 heavy (non-hydrogen) atoms. The number of hydrogen-bond donors (Lipinski definition) is 4. The fourth-order valence-electron chi connectivity index (χ4n) is 4.22. The van der Waals surface area contributed by atoms with Crippen molar-refractivity contribution in [2.75, 3.05) is 32.0 Å². The summed E-state index contributed by atoms with van der Waals surface area (Å²) in [5.41, 5.74) is 2.05. The van der Waals surface area contributed by atoms with Crippen molar-refractivity contribution in [2.24, 2.45) is 0 Å². The van der Waals surface area contributed by atoms with Crippen LogP contribution in [0.4, 0.5) is 10.7 Å². The van der Waals surface area contributed by atoms with Gasteiger partial charge < -0.3 is 15.5 Å². The molecule has 3 aromatic rings. The molecule has 1 aliphatic rings. The smallest absolute Gasteiger partial charge is 0.321 e. The topological polar surface area (TPSA) is 146 Å². The van der Waals surface area contributed by atoms with Crippen molar-refractivity contribution in [3.05, 3.63) is 49.1 Å². The summed E-state index contributed by atoms with van der Waals surface area (Å²) in [6.45, 7) is 11.6. The minimum absolute atomic E-state index is 0.0654. The van der Waals surface area contributed by atoms with E-state index in [-0.39, 0.29) is 10.8 Å². The average Bonchev–Trinajstić information content (AvgIpc) is 3.27. The molecule has 0 saturated carbocycles. The molecule has 0 aliphatic carbocycles. The molecule has 4 heterocycles. The molecule has 4 rings (SSSR count). The van der Waals surface area contributed by atoms with Crippen LogP contribution in [0.25, 0.3) is 16.8 Å². The Morgan fingerprint density at radius 3 is 2.58 bits per heavy atom. The lowest BCUT2D eigenvalue weighted by atomic mass is 10.1. The molecule has 0 unspecified atom stereocenters. The molecule has 0 bridgehead atoms. The van der Waals surface area contributed by atoms with Crippen LogP contribution in [0.1, 0.15) is 33.6 Å². The number of sulfonamides is 1. The summed E-state index contributed by atoms with van der Waals surface area (Å²) in [6, 6.07) is 5.17. The van der Waals surface area contributed by atoms with Crippen molar-refractivity contribution in [3.63, 3.8) is 0 Å². The first-order valence-electron chi connectivity index (χ1n) is 12.4. The highest BCUT2D eigenvalue weighted by Gasteiger charge is 2.23. The molecule has 4 N–H and O–H groups in total. The van der Waals surface area contributed by atoms with Crippen molar-refractivity contribution in [3.8, 4) is 11.1 Å². The molecule has 0 atom stereocenters. The zero-order valence-corrected chi connectivity index (χ0v) is 23.0. The summed E-state index contributed by atoms with van der Waals surface area (Å²) < 4.78 is 29.6. The van der Waals surface area contributed by atoms with E-state index in [4.69, 9.17) is 0 Å². The molecule has 0 spiro atoms. The lowest BCUT2D eigenvalue weighted by Crippen LogP contribution is -2.43. The Morgan fingerprint density at radius 1 is 1.16 bits per heavy atom. The molecule has 3 aromatic heterocycles. The molecule has 12 nitrogen and oxygen atoms in total. The Bertz CT molecular complexity index is 1420. The number of carbonyl (C=O) groups is 1. The van der Waals surface area contributed by atoms with Crippen molar-refractivity contribution in [1.29, 1.82) is 0 Å². The number of likely N-dealkylation sites (tertiary alicyclic amines) is 1. The second-order valence-electron chi connectivity index (χ2n) is 10.3. The number of piperidine rings is 1. The van der Waals surface area contributed by atoms with E-state index in [1.54, 1.807) is 51.4 Å². The van der Waals surface area contributed by atoms with E-state index in [2.05, 4.69) is 47.2 Å². The maximum atomic E-state index is 12.7. The lowest BCUT2D eigenvalue weighted by molar-refractivity contribution is 0.237. The maximum absolute atomic E-state index is 12.7. The third-order valence-electron chi connectivity index (χ3n) is 6.16. The second kappa shape index (κ2) is 11.1. The van der Waals surface area contributed by atoms with Crippen LogP contribution in [0, 0.1) is 0 Å². The predicted molar refractivity (Wildman–Crippen MR) is 146 cm³/mol. The lowest BCUT2D eigenvalue weighted by Gasteiger charge is -2.34. The first kappa shape index (κ1) is 27.5. The normalized spacial score (nSPS) is 15.0. The van der Waals surface area contributed by atoms with E-state index < -0.39 is 21.6 Å². The van der Waals surface area contributed by atoms with Crippen LogP contribution >= 0.6 is 0 Å². The third kappa shape index (κ3) is 6.85. The molecule has 13 heteroatoms. The zero-order valence-electron chi connectivity index (χ0n) is 22.2. The Hall–Kier alpha value is -3.55. The minimum atomic E-state index is -3.74. The molecule has 204 valence electrons. The number of carbonyl (C=O) groups excluding carboxylic acids is 1. The van der Waals surface area contributed by atoms with Gasteiger partial charge in [0.2, 0.25) is 10.0 Å². The van der Waals surface area contributed by atoms with Crippen molar-refractivity contribution in [2.45, 2.75) is 50.1 Å². The highest BCUT2D eigenvalue weighted by atomic mass is 32.2. The highest BCUT2D eigenvalue weighted by molar-refractivity contribution is 7.89. The molecule has 0 aromatic carbocycles. The minimum Gasteiger partial charge on any atom is -0.374 e. The second-order valence-corrected chi connectivity index (χ2v) is 12.0. The molecule has 2 amide bonds. The Morgan fingerprint density at radius 2 is 1.89 bits per heavy atom. The van der Waals surface area contributed by atoms with Crippen molar-refractivity contribution >= 4 is 27.6 Å². The zero-order chi connectivity index (χ0) is 27.5. The van der Waals surface area contributed by atoms with Gasteiger partial charge in [-0.1, -0.05) is 6.58 Å². The van der Waals surface area contributed by atoms with E-state index >= 15 is 0 Å². The van der Waals surface area contributed by atoms with Gasteiger partial charge in [0.1, 0.15) is 4.90 Å². The molecule has 1 fully saturated rings. The molecule has 1 aliphatic heterocycles. The monoisotopic (exact) mass is 541 g/mol. The van der Waals surface area contributed by atoms with Gasteiger partial charge in [0.05, 0.1) is 6.54 Å². The van der Waals surface area contributed by atoms with Crippen LogP contribution in [0.3, 0.4) is 0 Å². The number of anilines is 1. The van der Waals surface area contributed by atoms with Gasteiger partial charge >= 0.3 is 6.03 Å². The average molecular weight is 542 g/mol. The molecule has 1 saturated heterocycles. The van der Waals surface area contributed by atoms with E-state index in [9.17, 15) is 13.2 Å². The first-order valence-corrected chi connectivity index (χ1v) is 13.9. The SMILES string of the molecule is C=C(CNC(=O)Nc1nc2ccc(-c3cncc(S(=O)(=O)NC(C)(C)C)c3)cn2n1)N1CCC(NC)CC1. The van der Waals surface area contributed by atoms with E-state index in [0.29, 0.717) is 29.4 Å². The fraction of sp³-hybridized carbons (Fsp3) is 0.440. The van der Waals surface area contributed by atoms with Crippen LogP contribution in [0.5, 0.6) is 0 Å². The first-order chi connectivity index (χ1) is 17.9. The third-order valence-corrected chi connectivity index (χ3v) is 7.88. The van der Waals surface area contributed by atoms with Crippen LogP contribution in [-0.4, -0.2) is 77.2 Å². The number of nitrogens with one attached hydrogen (secondary N) is 4. The summed E-state index contributed by atoms with van der Waals surface area (Å²) in [6.07, 6.45) is 6.67. The van der Waals surface area contributed by atoms with Crippen LogP contribution < -0.4 is 20.7 Å². The molecular weight excluding hydrogens is 506 g/mol. The quantitative estimate of drug-likeness (QED) is 0.340. The number of rotatable bonds is 8. The van der Waals surface area contributed by atoms with Gasteiger partial charge in [0.25, 0.3) is 5.95 Å². The van der Waals surface area contributed by atoms with Gasteiger partial charge in [-0.2, -0.15) is 4.98 Å². The number of hydrogen-bond acceptors (Lipinski definition) is 8. The van der Waals surface area contributed by atoms with E-state index in [0.717, 1.165) is 31.6 Å². The number of nitrogens with zero attached hydrogens (tertiary/aromatic N) is 5. The van der Waals surface area contributed by atoms with Gasteiger partial charge in [0, 0.05) is 60.1 Å². The van der Waals surface area contributed by atoms with Crippen molar-refractivity contribution in [1.82, 2.24) is 39.8 Å². The summed E-state index contributed by atoms with van der Waals surface area (Å²) in [5, 5.41) is 13.1. The fourth-order valence-corrected chi connectivity index (χ4v) is 5.62. The predicted octanol–water partition coefficient (Wildman–Crippen LogP) is 2.19.